The van der Waals surface area contributed by atoms with E-state index in [1.54, 1.807) is 27.2 Å². The average Bonchev–Trinajstić information content (AvgIpc) is 3.12. The number of nitrogens with one attached hydrogen (secondary N) is 2. The van der Waals surface area contributed by atoms with Crippen molar-refractivity contribution >= 4 is 39.8 Å². The lowest BCUT2D eigenvalue weighted by molar-refractivity contribution is 0.146. The van der Waals surface area contributed by atoms with Crippen LogP contribution in [0.4, 0.5) is 0 Å². The van der Waals surface area contributed by atoms with Gasteiger partial charge < -0.3 is 15.1 Å². The zero-order valence-electron chi connectivity index (χ0n) is 16.7. The molecule has 1 unspecified atom stereocenters. The number of hydrogen-bond acceptors (Lipinski definition) is 5. The summed E-state index contributed by atoms with van der Waals surface area (Å²) in [6.45, 7) is 6.47. The zero-order chi connectivity index (χ0) is 19.2. The van der Waals surface area contributed by atoms with Gasteiger partial charge in [0.2, 0.25) is 0 Å². The summed E-state index contributed by atoms with van der Waals surface area (Å²) >= 11 is 0. The van der Waals surface area contributed by atoms with Crippen LogP contribution in [0.1, 0.15) is 44.9 Å². The van der Waals surface area contributed by atoms with Crippen LogP contribution >= 0.6 is 24.0 Å². The van der Waals surface area contributed by atoms with Gasteiger partial charge in [0.1, 0.15) is 5.76 Å². The first-order valence-electron chi connectivity index (χ1n) is 9.16. The molecule has 1 aromatic heterocycles. The fourth-order valence-corrected chi connectivity index (χ4v) is 3.30. The summed E-state index contributed by atoms with van der Waals surface area (Å²) in [5.41, 5.74) is 0. The van der Waals surface area contributed by atoms with Gasteiger partial charge in [0.25, 0.3) is 0 Å². The second kappa shape index (κ2) is 10.7. The maximum atomic E-state index is 11.9. The van der Waals surface area contributed by atoms with Gasteiger partial charge in [-0.3, -0.25) is 9.89 Å². The molecule has 1 aromatic rings. The Kier molecular flexibility index (Phi) is 9.56. The number of sulfone groups is 1. The van der Waals surface area contributed by atoms with Crippen molar-refractivity contribution in [1.29, 1.82) is 0 Å². The fourth-order valence-electron chi connectivity index (χ4n) is 2.96. The molecule has 156 valence electrons. The Morgan fingerprint density at radius 1 is 1.30 bits per heavy atom. The van der Waals surface area contributed by atoms with Crippen molar-refractivity contribution in [2.45, 2.75) is 43.9 Å². The van der Waals surface area contributed by atoms with Gasteiger partial charge in [-0.1, -0.05) is 6.42 Å². The third-order valence-electron chi connectivity index (χ3n) is 5.07. The number of nitrogens with zero attached hydrogens (tertiary/aromatic N) is 2. The Morgan fingerprint density at radius 2 is 1.96 bits per heavy atom. The predicted molar refractivity (Wildman–Crippen MR) is 121 cm³/mol. The Balaban J connectivity index is 0.00000364. The van der Waals surface area contributed by atoms with Crippen molar-refractivity contribution in [2.24, 2.45) is 4.99 Å². The molecule has 0 saturated carbocycles. The minimum atomic E-state index is -3.16. The van der Waals surface area contributed by atoms with E-state index in [4.69, 9.17) is 4.42 Å². The quantitative estimate of drug-likeness (QED) is 0.332. The highest BCUT2D eigenvalue weighted by Crippen LogP contribution is 2.24. The molecule has 0 radical (unpaired) electrons. The minimum Gasteiger partial charge on any atom is -0.468 e. The van der Waals surface area contributed by atoms with Crippen molar-refractivity contribution in [3.63, 3.8) is 0 Å². The second-order valence-corrected chi connectivity index (χ2v) is 10.1. The lowest BCUT2D eigenvalue weighted by atomic mass is 10.1. The molecule has 0 aliphatic carbocycles. The normalized spacial score (nSPS) is 17.9. The third-order valence-corrected chi connectivity index (χ3v) is 7.23. The van der Waals surface area contributed by atoms with Crippen LogP contribution in [0.15, 0.2) is 27.8 Å². The van der Waals surface area contributed by atoms with Crippen molar-refractivity contribution in [3.8, 4) is 0 Å². The molecule has 0 bridgehead atoms. The van der Waals surface area contributed by atoms with Crippen molar-refractivity contribution < 1.29 is 12.8 Å². The number of halogens is 1. The van der Waals surface area contributed by atoms with Gasteiger partial charge in [0.05, 0.1) is 17.1 Å². The Hall–Kier alpha value is -0.810. The molecule has 1 aliphatic rings. The molecule has 1 atom stereocenters. The number of aliphatic imine (C=N–C) groups is 1. The molecule has 0 spiro atoms. The summed E-state index contributed by atoms with van der Waals surface area (Å²) in [4.78, 5) is 6.66. The molecular weight excluding hydrogens is 479 g/mol. The lowest BCUT2D eigenvalue weighted by Crippen LogP contribution is -2.49. The van der Waals surface area contributed by atoms with Gasteiger partial charge in [-0.25, -0.2) is 8.42 Å². The van der Waals surface area contributed by atoms with Gasteiger partial charge in [-0.15, -0.1) is 24.0 Å². The summed E-state index contributed by atoms with van der Waals surface area (Å²) in [5.74, 6) is 1.53. The van der Waals surface area contributed by atoms with E-state index in [1.807, 2.05) is 12.1 Å². The van der Waals surface area contributed by atoms with Crippen molar-refractivity contribution in [3.05, 3.63) is 24.2 Å². The van der Waals surface area contributed by atoms with Crippen molar-refractivity contribution in [1.82, 2.24) is 15.5 Å². The highest BCUT2D eigenvalue weighted by Gasteiger charge is 2.30. The largest absolute Gasteiger partial charge is 0.468 e. The molecule has 2 N–H and O–H groups in total. The van der Waals surface area contributed by atoms with Crippen LogP contribution in [-0.4, -0.2) is 63.5 Å². The second-order valence-electron chi connectivity index (χ2n) is 7.47. The summed E-state index contributed by atoms with van der Waals surface area (Å²) in [6.07, 6.45) is 6.64. The monoisotopic (exact) mass is 512 g/mol. The molecule has 27 heavy (non-hydrogen) atoms. The molecular formula is C18H33IN4O3S. The summed E-state index contributed by atoms with van der Waals surface area (Å²) < 4.78 is 28.5. The van der Waals surface area contributed by atoms with Gasteiger partial charge >= 0.3 is 0 Å². The molecule has 1 fully saturated rings. The average molecular weight is 512 g/mol. The maximum absolute atomic E-state index is 11.9. The molecule has 1 saturated heterocycles. The first-order chi connectivity index (χ1) is 12.2. The molecule has 7 nitrogen and oxygen atoms in total. The van der Waals surface area contributed by atoms with E-state index < -0.39 is 14.6 Å². The number of piperidine rings is 1. The van der Waals surface area contributed by atoms with Crippen LogP contribution in [0.5, 0.6) is 0 Å². The van der Waals surface area contributed by atoms with Crippen LogP contribution in [0.25, 0.3) is 0 Å². The van der Waals surface area contributed by atoms with E-state index in [0.29, 0.717) is 19.0 Å². The Labute approximate surface area is 180 Å². The molecule has 0 amide bonds. The zero-order valence-corrected chi connectivity index (χ0v) is 19.8. The highest BCUT2D eigenvalue weighted by molar-refractivity contribution is 14.0. The number of likely N-dealkylation sites (tertiary alicyclic amines) is 1. The van der Waals surface area contributed by atoms with Crippen LogP contribution in [0.2, 0.25) is 0 Å². The Bertz CT molecular complexity index is 683. The van der Waals surface area contributed by atoms with Gasteiger partial charge in [-0.05, 0) is 51.9 Å². The predicted octanol–water partition coefficient (Wildman–Crippen LogP) is 2.41. The smallest absolute Gasteiger partial charge is 0.191 e. The Morgan fingerprint density at radius 3 is 2.48 bits per heavy atom. The number of hydrogen-bond donors (Lipinski definition) is 2. The van der Waals surface area contributed by atoms with Gasteiger partial charge in [-0.2, -0.15) is 0 Å². The molecule has 1 aliphatic heterocycles. The third kappa shape index (κ3) is 6.94. The van der Waals surface area contributed by atoms with Crippen LogP contribution in [0, 0.1) is 0 Å². The van der Waals surface area contributed by atoms with E-state index in [-0.39, 0.29) is 30.0 Å². The number of guanidine groups is 1. The summed E-state index contributed by atoms with van der Waals surface area (Å²) in [7, 11) is -1.47. The van der Waals surface area contributed by atoms with Gasteiger partial charge in [0, 0.05) is 26.4 Å². The van der Waals surface area contributed by atoms with E-state index in [0.717, 1.165) is 18.8 Å². The standard InChI is InChI=1S/C18H32N4O3S.HI/c1-18(2,26(4,23)24)14-21-17(19-3)20-13-15(16-9-8-12-25-16)22-10-6-5-7-11-22;/h8-9,12,15H,5-7,10-11,13-14H2,1-4H3,(H2,19,20,21);1H. The van der Waals surface area contributed by atoms with Crippen molar-refractivity contribution in [2.75, 3.05) is 39.5 Å². The topological polar surface area (TPSA) is 86.9 Å². The maximum Gasteiger partial charge on any atom is 0.191 e. The van der Waals surface area contributed by atoms with Gasteiger partial charge in [0.15, 0.2) is 15.8 Å². The minimum absolute atomic E-state index is 0. The molecule has 9 heteroatoms. The fraction of sp³-hybridized carbons (Fsp3) is 0.722. The highest BCUT2D eigenvalue weighted by atomic mass is 127. The van der Waals surface area contributed by atoms with Crippen LogP contribution < -0.4 is 10.6 Å². The SMILES string of the molecule is CN=C(NCC(c1ccco1)N1CCCCC1)NCC(C)(C)S(C)(=O)=O.I. The van der Waals surface area contributed by atoms with E-state index in [2.05, 4.69) is 20.5 Å². The molecule has 0 aromatic carbocycles. The summed E-state index contributed by atoms with van der Waals surface area (Å²) in [6, 6.07) is 4.05. The first kappa shape index (κ1) is 24.2. The van der Waals surface area contributed by atoms with Crippen LogP contribution in [-0.2, 0) is 9.84 Å². The lowest BCUT2D eigenvalue weighted by Gasteiger charge is -2.34. The molecule has 2 rings (SSSR count). The summed E-state index contributed by atoms with van der Waals surface area (Å²) in [5, 5.41) is 6.45. The first-order valence-corrected chi connectivity index (χ1v) is 11.1. The molecule has 2 heterocycles. The van der Waals surface area contributed by atoms with Crippen LogP contribution in [0.3, 0.4) is 0 Å². The van der Waals surface area contributed by atoms with E-state index >= 15 is 0 Å². The number of furan rings is 1. The number of rotatable bonds is 7. The van der Waals surface area contributed by atoms with E-state index in [1.165, 1.54) is 25.5 Å². The van der Waals surface area contributed by atoms with E-state index in [9.17, 15) is 8.42 Å².